The first kappa shape index (κ1) is 20.2. The van der Waals surface area contributed by atoms with Gasteiger partial charge in [0.05, 0.1) is 23.5 Å². The minimum atomic E-state index is -0.985. The Hall–Kier alpha value is -3.10. The van der Waals surface area contributed by atoms with Crippen LogP contribution in [0.3, 0.4) is 0 Å². The summed E-state index contributed by atoms with van der Waals surface area (Å²) in [6, 6.07) is 5.30. The minimum Gasteiger partial charge on any atom is -0.508 e. The van der Waals surface area contributed by atoms with E-state index in [-0.39, 0.29) is 36.1 Å². The number of nitrogen functional groups attached to an aromatic ring is 1. The van der Waals surface area contributed by atoms with E-state index in [9.17, 15) is 20.1 Å². The molecular formula is C22H26N4O4. The van der Waals surface area contributed by atoms with E-state index in [1.165, 1.54) is 4.90 Å². The molecule has 8 nitrogen and oxygen atoms in total. The number of nitrogens with zero attached hydrogens (tertiary/aromatic N) is 3. The van der Waals surface area contributed by atoms with E-state index >= 15 is 0 Å². The molecule has 1 saturated heterocycles. The molecule has 0 bridgehead atoms. The lowest BCUT2D eigenvalue weighted by Gasteiger charge is -2.17. The second kappa shape index (κ2) is 7.00. The maximum atomic E-state index is 13.4. The molecule has 3 aromatic rings. The number of aromatic hydroxyl groups is 1. The molecule has 0 unspecified atom stereocenters. The number of aromatic nitrogens is 2. The third-order valence-electron chi connectivity index (χ3n) is 6.01. The Morgan fingerprint density at radius 2 is 1.73 bits per heavy atom. The third-order valence-corrected chi connectivity index (χ3v) is 6.01. The van der Waals surface area contributed by atoms with Crippen LogP contribution in [0.4, 0.5) is 5.82 Å². The van der Waals surface area contributed by atoms with Crippen LogP contribution in [0, 0.1) is 27.7 Å². The second-order valence-electron chi connectivity index (χ2n) is 8.08. The molecule has 5 N–H and O–H groups in total. The van der Waals surface area contributed by atoms with Crippen LogP contribution in [0.25, 0.3) is 16.7 Å². The number of aliphatic hydroxyl groups excluding tert-OH is 2. The number of aliphatic hydroxyl groups is 2. The largest absolute Gasteiger partial charge is 0.508 e. The molecule has 0 radical (unpaired) electrons. The van der Waals surface area contributed by atoms with Gasteiger partial charge in [0.1, 0.15) is 17.2 Å². The molecule has 0 saturated carbocycles. The summed E-state index contributed by atoms with van der Waals surface area (Å²) in [4.78, 5) is 19.5. The Morgan fingerprint density at radius 1 is 1.10 bits per heavy atom. The standard InChI is InChI=1S/C22H26N4O4/c1-10-5-6-15(27)12(3)19(10)26-20(23)18(14-7-11(2)13(4)24-21(14)26)22(30)25-8-16(28)17(29)9-25/h5-7,16-17,27-29H,8-9,23H2,1-4H3/t16-,17-/m0/s1. The van der Waals surface area contributed by atoms with E-state index in [1.807, 2.05) is 26.8 Å². The number of pyridine rings is 1. The molecule has 1 fully saturated rings. The van der Waals surface area contributed by atoms with E-state index in [2.05, 4.69) is 0 Å². The predicted octanol–water partition coefficient (Wildman–Crippen LogP) is 1.72. The zero-order chi connectivity index (χ0) is 21.9. The number of hydrogen-bond acceptors (Lipinski definition) is 6. The van der Waals surface area contributed by atoms with Crippen LogP contribution >= 0.6 is 0 Å². The fourth-order valence-corrected chi connectivity index (χ4v) is 4.12. The van der Waals surface area contributed by atoms with E-state index in [0.717, 1.165) is 16.8 Å². The second-order valence-corrected chi connectivity index (χ2v) is 8.08. The summed E-state index contributed by atoms with van der Waals surface area (Å²) in [5.41, 5.74) is 11.3. The Kier molecular flexibility index (Phi) is 4.71. The van der Waals surface area contributed by atoms with Crippen molar-refractivity contribution >= 4 is 22.8 Å². The number of fused-ring (bicyclic) bond motifs is 1. The van der Waals surface area contributed by atoms with Gasteiger partial charge in [-0.3, -0.25) is 9.36 Å². The Balaban J connectivity index is 2.02. The number of phenolic OH excluding ortho intramolecular Hbond substituents is 1. The van der Waals surface area contributed by atoms with Gasteiger partial charge in [-0.1, -0.05) is 6.07 Å². The van der Waals surface area contributed by atoms with Crippen molar-refractivity contribution in [1.29, 1.82) is 0 Å². The maximum Gasteiger partial charge on any atom is 0.258 e. The molecule has 1 aliphatic rings. The summed E-state index contributed by atoms with van der Waals surface area (Å²) in [5, 5.41) is 30.7. The summed E-state index contributed by atoms with van der Waals surface area (Å²) >= 11 is 0. The molecule has 3 heterocycles. The number of likely N-dealkylation sites (tertiary alicyclic amines) is 1. The first-order valence-corrected chi connectivity index (χ1v) is 9.84. The van der Waals surface area contributed by atoms with E-state index in [0.29, 0.717) is 22.3 Å². The lowest BCUT2D eigenvalue weighted by molar-refractivity contribution is 0.0572. The number of β-amino-alcohol motifs (C(OH)–C–C–N with tert-alkyl or cyclic N) is 2. The number of amides is 1. The average molecular weight is 410 g/mol. The number of carbonyl (C=O) groups is 1. The first-order chi connectivity index (χ1) is 14.1. The third kappa shape index (κ3) is 2.91. The summed E-state index contributed by atoms with van der Waals surface area (Å²) in [6.07, 6.45) is -1.97. The molecule has 0 aliphatic carbocycles. The Morgan fingerprint density at radius 3 is 2.37 bits per heavy atom. The average Bonchev–Trinajstić information content (AvgIpc) is 3.16. The lowest BCUT2D eigenvalue weighted by atomic mass is 10.1. The highest BCUT2D eigenvalue weighted by Crippen LogP contribution is 2.37. The van der Waals surface area contributed by atoms with E-state index in [1.54, 1.807) is 23.6 Å². The predicted molar refractivity (Wildman–Crippen MR) is 114 cm³/mol. The molecule has 1 aromatic carbocycles. The van der Waals surface area contributed by atoms with Gasteiger partial charge in [-0.15, -0.1) is 0 Å². The lowest BCUT2D eigenvalue weighted by Crippen LogP contribution is -2.30. The number of benzene rings is 1. The van der Waals surface area contributed by atoms with Gasteiger partial charge in [0.15, 0.2) is 0 Å². The van der Waals surface area contributed by atoms with Crippen LogP contribution in [0.1, 0.15) is 32.7 Å². The number of hydrogen-bond donors (Lipinski definition) is 4. The quantitative estimate of drug-likeness (QED) is 0.510. The normalized spacial score (nSPS) is 19.1. The summed E-state index contributed by atoms with van der Waals surface area (Å²) < 4.78 is 1.71. The van der Waals surface area contributed by atoms with Gasteiger partial charge in [-0.05, 0) is 51.0 Å². The number of carbonyl (C=O) groups excluding carboxylic acids is 1. The van der Waals surface area contributed by atoms with E-state index < -0.39 is 12.2 Å². The minimum absolute atomic E-state index is 0.0363. The van der Waals surface area contributed by atoms with Crippen LogP contribution in [0.15, 0.2) is 18.2 Å². The first-order valence-electron chi connectivity index (χ1n) is 9.84. The Labute approximate surface area is 174 Å². The highest BCUT2D eigenvalue weighted by Gasteiger charge is 2.36. The van der Waals surface area contributed by atoms with Crippen molar-refractivity contribution in [2.24, 2.45) is 0 Å². The van der Waals surface area contributed by atoms with Crippen molar-refractivity contribution < 1.29 is 20.1 Å². The molecule has 1 amide bonds. The van der Waals surface area contributed by atoms with Crippen molar-refractivity contribution in [1.82, 2.24) is 14.5 Å². The van der Waals surface area contributed by atoms with Gasteiger partial charge in [0.25, 0.3) is 5.91 Å². The molecule has 1 aliphatic heterocycles. The van der Waals surface area contributed by atoms with Crippen molar-refractivity contribution in [3.05, 3.63) is 46.1 Å². The van der Waals surface area contributed by atoms with Gasteiger partial charge in [0.2, 0.25) is 0 Å². The molecule has 0 spiro atoms. The number of phenols is 1. The maximum absolute atomic E-state index is 13.4. The topological polar surface area (TPSA) is 125 Å². The van der Waals surface area contributed by atoms with Crippen LogP contribution in [-0.4, -0.2) is 61.0 Å². The molecule has 2 atom stereocenters. The molecule has 8 heteroatoms. The SMILES string of the molecule is Cc1cc2c(C(=O)N3C[C@H](O)[C@@H](O)C3)c(N)n(-c3c(C)ccc(O)c3C)c2nc1C. The Bertz CT molecular complexity index is 1170. The van der Waals surface area contributed by atoms with Crippen molar-refractivity contribution in [2.75, 3.05) is 18.8 Å². The highest BCUT2D eigenvalue weighted by molar-refractivity contribution is 6.12. The molecule has 2 aromatic heterocycles. The molecule has 30 heavy (non-hydrogen) atoms. The molecular weight excluding hydrogens is 384 g/mol. The number of nitrogens with two attached hydrogens (primary N) is 1. The summed E-state index contributed by atoms with van der Waals surface area (Å²) in [7, 11) is 0. The van der Waals surface area contributed by atoms with E-state index in [4.69, 9.17) is 10.7 Å². The molecule has 4 rings (SSSR count). The molecule has 158 valence electrons. The zero-order valence-corrected chi connectivity index (χ0v) is 17.5. The number of rotatable bonds is 2. The number of anilines is 1. The number of aryl methyl sites for hydroxylation is 3. The van der Waals surface area contributed by atoms with Gasteiger partial charge >= 0.3 is 0 Å². The van der Waals surface area contributed by atoms with Crippen molar-refractivity contribution in [3.8, 4) is 11.4 Å². The van der Waals surface area contributed by atoms with Crippen LogP contribution < -0.4 is 5.73 Å². The van der Waals surface area contributed by atoms with Gasteiger partial charge in [-0.25, -0.2) is 4.98 Å². The highest BCUT2D eigenvalue weighted by atomic mass is 16.3. The van der Waals surface area contributed by atoms with Gasteiger partial charge in [0, 0.05) is 29.7 Å². The summed E-state index contributed by atoms with van der Waals surface area (Å²) in [5.74, 6) is -0.0353. The van der Waals surface area contributed by atoms with Crippen molar-refractivity contribution in [3.63, 3.8) is 0 Å². The van der Waals surface area contributed by atoms with Crippen LogP contribution in [0.2, 0.25) is 0 Å². The van der Waals surface area contributed by atoms with Crippen molar-refractivity contribution in [2.45, 2.75) is 39.9 Å². The summed E-state index contributed by atoms with van der Waals surface area (Å²) in [6.45, 7) is 7.57. The van der Waals surface area contributed by atoms with Gasteiger partial charge < -0.3 is 26.0 Å². The zero-order valence-electron chi connectivity index (χ0n) is 17.5. The van der Waals surface area contributed by atoms with Crippen LogP contribution in [0.5, 0.6) is 5.75 Å². The monoisotopic (exact) mass is 410 g/mol. The smallest absolute Gasteiger partial charge is 0.258 e. The van der Waals surface area contributed by atoms with Gasteiger partial charge in [-0.2, -0.15) is 0 Å². The van der Waals surface area contributed by atoms with Crippen LogP contribution in [-0.2, 0) is 0 Å². The fraction of sp³-hybridized carbons (Fsp3) is 0.364. The fourth-order valence-electron chi connectivity index (χ4n) is 4.12.